The van der Waals surface area contributed by atoms with Crippen LogP contribution in [-0.2, 0) is 4.79 Å². The van der Waals surface area contributed by atoms with E-state index >= 15 is 0 Å². The molecule has 1 aromatic carbocycles. The summed E-state index contributed by atoms with van der Waals surface area (Å²) in [5.74, 6) is -2.31. The molecule has 27 heavy (non-hydrogen) atoms. The maximum atomic E-state index is 13.3. The number of anilines is 1. The van der Waals surface area contributed by atoms with Crippen LogP contribution in [0.5, 0.6) is 0 Å². The van der Waals surface area contributed by atoms with Crippen LogP contribution in [0.25, 0.3) is 5.82 Å². The molecule has 9 heteroatoms. The number of amides is 1. The molecular weight excluding hydrogens is 356 g/mol. The Balaban J connectivity index is 1.89. The quantitative estimate of drug-likeness (QED) is 0.762. The van der Waals surface area contributed by atoms with Crippen molar-refractivity contribution in [1.29, 1.82) is 0 Å². The molecule has 1 atom stereocenters. The van der Waals surface area contributed by atoms with Crippen LogP contribution in [0.15, 0.2) is 41.2 Å². The van der Waals surface area contributed by atoms with E-state index in [1.54, 1.807) is 4.68 Å². The normalized spacial score (nSPS) is 12.0. The Morgan fingerprint density at radius 2 is 1.81 bits per heavy atom. The first-order valence-corrected chi connectivity index (χ1v) is 8.15. The van der Waals surface area contributed by atoms with E-state index in [0.29, 0.717) is 5.82 Å². The van der Waals surface area contributed by atoms with E-state index in [4.69, 9.17) is 0 Å². The summed E-state index contributed by atoms with van der Waals surface area (Å²) in [7, 11) is 0. The average molecular weight is 373 g/mol. The van der Waals surface area contributed by atoms with Gasteiger partial charge in [-0.25, -0.2) is 18.1 Å². The van der Waals surface area contributed by atoms with Crippen molar-refractivity contribution in [3.05, 3.63) is 69.8 Å². The molecule has 1 amide bonds. The van der Waals surface area contributed by atoms with Crippen molar-refractivity contribution in [3.8, 4) is 5.82 Å². The minimum atomic E-state index is -1.08. The molecular formula is C18H17F2N5O2. The summed E-state index contributed by atoms with van der Waals surface area (Å²) >= 11 is 0. The zero-order valence-electron chi connectivity index (χ0n) is 14.9. The molecule has 0 bridgehead atoms. The van der Waals surface area contributed by atoms with Gasteiger partial charge in [0.15, 0.2) is 17.5 Å². The lowest BCUT2D eigenvalue weighted by Crippen LogP contribution is -2.33. The number of halogens is 2. The molecule has 0 fully saturated rings. The molecule has 140 valence electrons. The largest absolute Gasteiger partial charge is 0.324 e. The van der Waals surface area contributed by atoms with E-state index in [1.165, 1.54) is 25.1 Å². The van der Waals surface area contributed by atoms with Gasteiger partial charge in [0.1, 0.15) is 6.04 Å². The van der Waals surface area contributed by atoms with E-state index in [-0.39, 0.29) is 5.69 Å². The van der Waals surface area contributed by atoms with Crippen molar-refractivity contribution in [1.82, 2.24) is 19.6 Å². The first-order chi connectivity index (χ1) is 12.8. The molecule has 0 saturated carbocycles. The Labute approximate surface area is 153 Å². The predicted molar refractivity (Wildman–Crippen MR) is 94.8 cm³/mol. The first-order valence-electron chi connectivity index (χ1n) is 8.15. The third kappa shape index (κ3) is 3.76. The smallest absolute Gasteiger partial charge is 0.267 e. The highest BCUT2D eigenvalue weighted by molar-refractivity contribution is 5.93. The van der Waals surface area contributed by atoms with Gasteiger partial charge < -0.3 is 5.32 Å². The summed E-state index contributed by atoms with van der Waals surface area (Å²) in [5, 5.41) is 11.0. The number of aromatic nitrogens is 4. The van der Waals surface area contributed by atoms with Crippen LogP contribution in [0, 0.1) is 25.5 Å². The maximum Gasteiger partial charge on any atom is 0.267 e. The van der Waals surface area contributed by atoms with Crippen molar-refractivity contribution in [2.24, 2.45) is 0 Å². The van der Waals surface area contributed by atoms with Crippen LogP contribution in [0.1, 0.15) is 24.4 Å². The lowest BCUT2D eigenvalue weighted by Gasteiger charge is -2.15. The Hall–Kier alpha value is -3.36. The number of nitrogens with one attached hydrogen (secondary N) is 1. The zero-order valence-corrected chi connectivity index (χ0v) is 14.9. The number of carbonyl (C=O) groups is 1. The van der Waals surface area contributed by atoms with Crippen molar-refractivity contribution in [2.45, 2.75) is 26.8 Å². The molecule has 0 aliphatic heterocycles. The second-order valence-corrected chi connectivity index (χ2v) is 6.11. The first kappa shape index (κ1) is 18.4. The number of aryl methyl sites for hydroxylation is 2. The fourth-order valence-electron chi connectivity index (χ4n) is 2.60. The number of hydrogen-bond donors (Lipinski definition) is 1. The highest BCUT2D eigenvalue weighted by Gasteiger charge is 2.19. The van der Waals surface area contributed by atoms with Crippen molar-refractivity contribution in [2.75, 3.05) is 5.32 Å². The minimum Gasteiger partial charge on any atom is -0.324 e. The van der Waals surface area contributed by atoms with Crippen LogP contribution in [0.4, 0.5) is 14.5 Å². The van der Waals surface area contributed by atoms with Gasteiger partial charge in [0.2, 0.25) is 5.91 Å². The summed E-state index contributed by atoms with van der Waals surface area (Å²) in [4.78, 5) is 24.6. The number of carbonyl (C=O) groups excluding carboxylic acids is 1. The molecule has 0 aliphatic carbocycles. The minimum absolute atomic E-state index is 0.0773. The van der Waals surface area contributed by atoms with Gasteiger partial charge in [-0.1, -0.05) is 0 Å². The molecule has 3 rings (SSSR count). The topological polar surface area (TPSA) is 81.8 Å². The SMILES string of the molecule is Cc1cc(C)n(-c2ccc(=O)n(C(C)C(=O)Nc3ccc(F)c(F)c3)n2)n1. The van der Waals surface area contributed by atoms with Gasteiger partial charge in [0, 0.05) is 23.5 Å². The van der Waals surface area contributed by atoms with Gasteiger partial charge in [0.25, 0.3) is 5.56 Å². The molecule has 2 heterocycles. The average Bonchev–Trinajstić information content (AvgIpc) is 2.96. The van der Waals surface area contributed by atoms with Gasteiger partial charge in [-0.15, -0.1) is 5.10 Å². The molecule has 1 N–H and O–H groups in total. The second-order valence-electron chi connectivity index (χ2n) is 6.11. The molecule has 0 radical (unpaired) electrons. The van der Waals surface area contributed by atoms with E-state index in [9.17, 15) is 18.4 Å². The number of hydrogen-bond acceptors (Lipinski definition) is 4. The molecule has 1 unspecified atom stereocenters. The van der Waals surface area contributed by atoms with Gasteiger partial charge in [-0.2, -0.15) is 5.10 Å². The van der Waals surface area contributed by atoms with Crippen molar-refractivity contribution in [3.63, 3.8) is 0 Å². The highest BCUT2D eigenvalue weighted by Crippen LogP contribution is 2.15. The summed E-state index contributed by atoms with van der Waals surface area (Å²) in [6.07, 6.45) is 0. The van der Waals surface area contributed by atoms with E-state index in [2.05, 4.69) is 15.5 Å². The van der Waals surface area contributed by atoms with Crippen molar-refractivity contribution < 1.29 is 13.6 Å². The monoisotopic (exact) mass is 373 g/mol. The van der Waals surface area contributed by atoms with Crippen LogP contribution in [0.2, 0.25) is 0 Å². The lowest BCUT2D eigenvalue weighted by molar-refractivity contribution is -0.119. The van der Waals surface area contributed by atoms with E-state index in [0.717, 1.165) is 28.2 Å². The lowest BCUT2D eigenvalue weighted by atomic mass is 10.2. The summed E-state index contributed by atoms with van der Waals surface area (Å²) in [5.41, 5.74) is 1.21. The van der Waals surface area contributed by atoms with E-state index < -0.39 is 29.1 Å². The summed E-state index contributed by atoms with van der Waals surface area (Å²) < 4.78 is 28.9. The Morgan fingerprint density at radius 1 is 1.07 bits per heavy atom. The summed E-state index contributed by atoms with van der Waals surface area (Å²) in [6.45, 7) is 5.16. The third-order valence-corrected chi connectivity index (χ3v) is 3.97. The maximum absolute atomic E-state index is 13.3. The fourth-order valence-corrected chi connectivity index (χ4v) is 2.60. The highest BCUT2D eigenvalue weighted by atomic mass is 19.2. The van der Waals surface area contributed by atoms with Gasteiger partial charge in [-0.05, 0) is 45.0 Å². The second kappa shape index (κ2) is 7.10. The van der Waals surface area contributed by atoms with Crippen LogP contribution in [-0.4, -0.2) is 25.5 Å². The van der Waals surface area contributed by atoms with Gasteiger partial charge in [0.05, 0.1) is 5.69 Å². The number of benzene rings is 1. The molecule has 0 aliphatic rings. The van der Waals surface area contributed by atoms with Gasteiger partial charge >= 0.3 is 0 Å². The molecule has 0 saturated heterocycles. The number of nitrogens with zero attached hydrogens (tertiary/aromatic N) is 4. The molecule has 2 aromatic heterocycles. The van der Waals surface area contributed by atoms with Crippen LogP contribution >= 0.6 is 0 Å². The molecule has 7 nitrogen and oxygen atoms in total. The van der Waals surface area contributed by atoms with Crippen LogP contribution in [0.3, 0.4) is 0 Å². The predicted octanol–water partition coefficient (Wildman–Crippen LogP) is 2.52. The summed E-state index contributed by atoms with van der Waals surface area (Å²) in [6, 6.07) is 6.68. The molecule has 0 spiro atoms. The number of rotatable bonds is 4. The Morgan fingerprint density at radius 3 is 2.44 bits per heavy atom. The Bertz CT molecular complexity index is 1070. The van der Waals surface area contributed by atoms with Crippen LogP contribution < -0.4 is 10.9 Å². The van der Waals surface area contributed by atoms with Gasteiger partial charge in [-0.3, -0.25) is 9.59 Å². The zero-order chi connectivity index (χ0) is 19.7. The van der Waals surface area contributed by atoms with E-state index in [1.807, 2.05) is 19.9 Å². The standard InChI is InChI=1S/C18H17F2N5O2/c1-10-8-11(2)24(22-10)16-6-7-17(26)25(23-16)12(3)18(27)21-13-4-5-14(19)15(20)9-13/h4-9,12H,1-3H3,(H,21,27). The Kier molecular flexibility index (Phi) is 4.85. The van der Waals surface area contributed by atoms with Crippen molar-refractivity contribution >= 4 is 11.6 Å². The fraction of sp³-hybridized carbons (Fsp3) is 0.222. The molecule has 3 aromatic rings. The third-order valence-electron chi connectivity index (χ3n) is 3.97.